The first-order chi connectivity index (χ1) is 10.7. The molecule has 1 rings (SSSR count). The van der Waals surface area contributed by atoms with E-state index in [-0.39, 0.29) is 0 Å². The van der Waals surface area contributed by atoms with Gasteiger partial charge in [-0.25, -0.2) is 0 Å². The highest BCUT2D eigenvalue weighted by Crippen LogP contribution is 2.13. The Kier molecular flexibility index (Phi) is 10.6. The monoisotopic (exact) mass is 323 g/mol. The lowest BCUT2D eigenvalue weighted by Crippen LogP contribution is -2.44. The third kappa shape index (κ3) is 8.18. The Labute approximate surface area is 141 Å². The van der Waals surface area contributed by atoms with Gasteiger partial charge >= 0.3 is 0 Å². The van der Waals surface area contributed by atoms with E-state index >= 15 is 0 Å². The molecule has 4 heteroatoms. The first kappa shape index (κ1) is 19.5. The summed E-state index contributed by atoms with van der Waals surface area (Å²) in [7, 11) is 0. The average Bonchev–Trinajstić information content (AvgIpc) is 2.52. The maximum absolute atomic E-state index is 5.75. The van der Waals surface area contributed by atoms with Gasteiger partial charge in [-0.05, 0) is 37.0 Å². The van der Waals surface area contributed by atoms with E-state index in [9.17, 15) is 0 Å². The molecule has 0 aliphatic rings. The summed E-state index contributed by atoms with van der Waals surface area (Å²) in [5.41, 5.74) is 7.13. The summed E-state index contributed by atoms with van der Waals surface area (Å²) in [6.07, 6.45) is 4.47. The van der Waals surface area contributed by atoms with Crippen molar-refractivity contribution in [3.8, 4) is 0 Å². The van der Waals surface area contributed by atoms with E-state index in [1.165, 1.54) is 17.7 Å². The Hall–Kier alpha value is -0.550. The maximum atomic E-state index is 5.75. The van der Waals surface area contributed by atoms with Crippen molar-refractivity contribution in [2.45, 2.75) is 45.3 Å². The van der Waals surface area contributed by atoms with Crippen LogP contribution in [0.15, 0.2) is 30.3 Å². The highest BCUT2D eigenvalue weighted by Gasteiger charge is 2.18. The Morgan fingerprint density at radius 3 is 2.55 bits per heavy atom. The van der Waals surface area contributed by atoms with Crippen molar-refractivity contribution in [1.29, 1.82) is 0 Å². The molecule has 0 aliphatic heterocycles. The second kappa shape index (κ2) is 11.9. The molecule has 0 heterocycles. The first-order valence-electron chi connectivity index (χ1n) is 8.37. The van der Waals surface area contributed by atoms with E-state index in [1.54, 1.807) is 0 Å². The van der Waals surface area contributed by atoms with Gasteiger partial charge in [0, 0.05) is 31.7 Å². The molecule has 3 N–H and O–H groups in total. The molecular formula is C18H33N3S. The minimum absolute atomic E-state index is 0.532. The van der Waals surface area contributed by atoms with Gasteiger partial charge in [-0.3, -0.25) is 4.90 Å². The van der Waals surface area contributed by atoms with Gasteiger partial charge in [-0.15, -0.1) is 0 Å². The second-order valence-electron chi connectivity index (χ2n) is 6.10. The fourth-order valence-electron chi connectivity index (χ4n) is 2.54. The largest absolute Gasteiger partial charge is 0.330 e. The fraction of sp³-hybridized carbons (Fsp3) is 0.667. The molecule has 22 heavy (non-hydrogen) atoms. The molecule has 0 saturated heterocycles. The number of nitrogens with zero attached hydrogens (tertiary/aromatic N) is 1. The summed E-state index contributed by atoms with van der Waals surface area (Å²) >= 11 is 1.93. The van der Waals surface area contributed by atoms with Crippen LogP contribution in [0, 0.1) is 0 Å². The molecule has 1 aromatic carbocycles. The maximum Gasteiger partial charge on any atom is 0.0237 e. The molecule has 0 fully saturated rings. The van der Waals surface area contributed by atoms with E-state index in [0.717, 1.165) is 32.6 Å². The normalized spacial score (nSPS) is 13.0. The van der Waals surface area contributed by atoms with Crippen LogP contribution in [0.4, 0.5) is 0 Å². The minimum atomic E-state index is 0.532. The smallest absolute Gasteiger partial charge is 0.0237 e. The quantitative estimate of drug-likeness (QED) is 0.620. The average molecular weight is 324 g/mol. The van der Waals surface area contributed by atoms with Crippen molar-refractivity contribution in [3.05, 3.63) is 35.9 Å². The van der Waals surface area contributed by atoms with Crippen LogP contribution in [-0.4, -0.2) is 48.6 Å². The molecule has 0 saturated carbocycles. The van der Waals surface area contributed by atoms with Gasteiger partial charge < -0.3 is 11.1 Å². The Balaban J connectivity index is 2.72. The minimum Gasteiger partial charge on any atom is -0.330 e. The molecule has 0 amide bonds. The van der Waals surface area contributed by atoms with Crippen LogP contribution in [0.25, 0.3) is 0 Å². The van der Waals surface area contributed by atoms with E-state index in [2.05, 4.69) is 60.7 Å². The Bertz CT molecular complexity index is 370. The summed E-state index contributed by atoms with van der Waals surface area (Å²) in [4.78, 5) is 2.60. The first-order valence-corrected chi connectivity index (χ1v) is 9.77. The second-order valence-corrected chi connectivity index (χ2v) is 7.08. The lowest BCUT2D eigenvalue weighted by molar-refractivity contribution is 0.175. The standard InChI is InChI=1S/C18H33N3S/c1-16(2)20-14-18(10-13-22-3)21(12-7-11-19)15-17-8-5-4-6-9-17/h4-6,8-9,16,18,20H,7,10-15,19H2,1-3H3. The third-order valence-electron chi connectivity index (χ3n) is 3.81. The van der Waals surface area contributed by atoms with Crippen molar-refractivity contribution >= 4 is 11.8 Å². The summed E-state index contributed by atoms with van der Waals surface area (Å²) in [5.74, 6) is 1.21. The lowest BCUT2D eigenvalue weighted by atomic mass is 10.1. The topological polar surface area (TPSA) is 41.3 Å². The van der Waals surface area contributed by atoms with Crippen LogP contribution in [0.1, 0.15) is 32.3 Å². The van der Waals surface area contributed by atoms with Crippen molar-refractivity contribution in [2.24, 2.45) is 5.73 Å². The Morgan fingerprint density at radius 1 is 1.23 bits per heavy atom. The zero-order chi connectivity index (χ0) is 16.2. The number of nitrogens with one attached hydrogen (secondary N) is 1. The molecule has 126 valence electrons. The van der Waals surface area contributed by atoms with Crippen LogP contribution >= 0.6 is 11.8 Å². The van der Waals surface area contributed by atoms with E-state index in [1.807, 2.05) is 11.8 Å². The lowest BCUT2D eigenvalue weighted by Gasteiger charge is -2.33. The number of nitrogens with two attached hydrogens (primary N) is 1. The van der Waals surface area contributed by atoms with Gasteiger partial charge in [0.25, 0.3) is 0 Å². The molecule has 3 nitrogen and oxygen atoms in total. The van der Waals surface area contributed by atoms with E-state index < -0.39 is 0 Å². The van der Waals surface area contributed by atoms with Gasteiger partial charge in [0.1, 0.15) is 0 Å². The molecule has 0 bridgehead atoms. The van der Waals surface area contributed by atoms with Crippen LogP contribution in [-0.2, 0) is 6.54 Å². The van der Waals surface area contributed by atoms with Crippen molar-refractivity contribution in [1.82, 2.24) is 10.2 Å². The number of hydrogen-bond donors (Lipinski definition) is 2. The molecule has 0 aliphatic carbocycles. The van der Waals surface area contributed by atoms with E-state index in [0.29, 0.717) is 12.1 Å². The van der Waals surface area contributed by atoms with Crippen LogP contribution in [0.2, 0.25) is 0 Å². The number of benzene rings is 1. The molecule has 0 aromatic heterocycles. The highest BCUT2D eigenvalue weighted by atomic mass is 32.2. The zero-order valence-corrected chi connectivity index (χ0v) is 15.2. The molecule has 0 radical (unpaired) electrons. The SMILES string of the molecule is CSCCC(CNC(C)C)N(CCCN)Cc1ccccc1. The summed E-state index contributed by atoms with van der Waals surface area (Å²) < 4.78 is 0. The van der Waals surface area contributed by atoms with Crippen molar-refractivity contribution in [3.63, 3.8) is 0 Å². The number of hydrogen-bond acceptors (Lipinski definition) is 4. The van der Waals surface area contributed by atoms with Crippen molar-refractivity contribution in [2.75, 3.05) is 31.6 Å². The molecule has 0 spiro atoms. The predicted molar refractivity (Wildman–Crippen MR) is 100 cm³/mol. The van der Waals surface area contributed by atoms with Crippen LogP contribution in [0.3, 0.4) is 0 Å². The highest BCUT2D eigenvalue weighted by molar-refractivity contribution is 7.98. The van der Waals surface area contributed by atoms with Crippen LogP contribution in [0.5, 0.6) is 0 Å². The number of thioether (sulfide) groups is 1. The van der Waals surface area contributed by atoms with Gasteiger partial charge in [0.15, 0.2) is 0 Å². The van der Waals surface area contributed by atoms with Gasteiger partial charge in [-0.2, -0.15) is 11.8 Å². The molecule has 1 aromatic rings. The Morgan fingerprint density at radius 2 is 1.95 bits per heavy atom. The zero-order valence-electron chi connectivity index (χ0n) is 14.4. The summed E-state index contributed by atoms with van der Waals surface area (Å²) in [6.45, 7) is 8.33. The third-order valence-corrected chi connectivity index (χ3v) is 4.46. The molecular weight excluding hydrogens is 290 g/mol. The predicted octanol–water partition coefficient (Wildman–Crippen LogP) is 2.96. The van der Waals surface area contributed by atoms with Gasteiger partial charge in [0.05, 0.1) is 0 Å². The van der Waals surface area contributed by atoms with Crippen molar-refractivity contribution < 1.29 is 0 Å². The number of rotatable bonds is 12. The summed E-state index contributed by atoms with van der Waals surface area (Å²) in [5, 5.41) is 3.61. The van der Waals surface area contributed by atoms with Crippen LogP contribution < -0.4 is 11.1 Å². The van der Waals surface area contributed by atoms with E-state index in [4.69, 9.17) is 5.73 Å². The summed E-state index contributed by atoms with van der Waals surface area (Å²) in [6, 6.07) is 11.9. The molecule has 1 atom stereocenters. The van der Waals surface area contributed by atoms with Gasteiger partial charge in [-0.1, -0.05) is 44.2 Å². The van der Waals surface area contributed by atoms with Gasteiger partial charge in [0.2, 0.25) is 0 Å². The molecule has 1 unspecified atom stereocenters. The fourth-order valence-corrected chi connectivity index (χ4v) is 3.05.